The molecule has 1 aromatic heterocycles. The zero-order valence-electron chi connectivity index (χ0n) is 15.4. The molecule has 29 heavy (non-hydrogen) atoms. The number of thiophene rings is 1. The molecule has 0 saturated carbocycles. The van der Waals surface area contributed by atoms with E-state index in [0.717, 1.165) is 23.8 Å². The summed E-state index contributed by atoms with van der Waals surface area (Å²) in [4.78, 5) is 29.4. The highest BCUT2D eigenvalue weighted by Gasteiger charge is 2.43. The number of hydrogen-bond acceptors (Lipinski definition) is 4. The third-order valence-corrected chi connectivity index (χ3v) is 5.51. The molecule has 4 rings (SSSR count). The van der Waals surface area contributed by atoms with Gasteiger partial charge in [-0.25, -0.2) is 13.7 Å². The van der Waals surface area contributed by atoms with E-state index < -0.39 is 29.1 Å². The Kier molecular flexibility index (Phi) is 4.98. The van der Waals surface area contributed by atoms with Gasteiger partial charge in [0.05, 0.1) is 11.3 Å². The second kappa shape index (κ2) is 7.60. The van der Waals surface area contributed by atoms with E-state index in [1.165, 1.54) is 11.3 Å². The number of amides is 2. The van der Waals surface area contributed by atoms with Crippen molar-refractivity contribution in [2.45, 2.75) is 6.54 Å². The largest absolute Gasteiger partial charge is 0.365 e. The Morgan fingerprint density at radius 3 is 2.41 bits per heavy atom. The molecule has 0 atom stereocenters. The third kappa shape index (κ3) is 3.45. The lowest BCUT2D eigenvalue weighted by Gasteiger charge is -2.21. The van der Waals surface area contributed by atoms with Crippen LogP contribution in [0.25, 0.3) is 5.57 Å². The molecule has 2 amide bonds. The second-order valence-electron chi connectivity index (χ2n) is 6.58. The first-order valence-electron chi connectivity index (χ1n) is 8.84. The molecule has 0 radical (unpaired) electrons. The maximum Gasteiger partial charge on any atom is 0.282 e. The first kappa shape index (κ1) is 19.0. The smallest absolute Gasteiger partial charge is 0.282 e. The molecule has 3 aromatic rings. The molecule has 1 aliphatic heterocycles. The summed E-state index contributed by atoms with van der Waals surface area (Å²) in [5.41, 5.74) is 0.901. The summed E-state index contributed by atoms with van der Waals surface area (Å²) in [7, 11) is 1.70. The van der Waals surface area contributed by atoms with E-state index in [1.54, 1.807) is 29.5 Å². The van der Waals surface area contributed by atoms with Crippen LogP contribution in [0.5, 0.6) is 0 Å². The molecule has 0 spiro atoms. The molecule has 0 fully saturated rings. The van der Waals surface area contributed by atoms with E-state index in [-0.39, 0.29) is 11.3 Å². The van der Waals surface area contributed by atoms with E-state index in [9.17, 15) is 18.4 Å². The fourth-order valence-corrected chi connectivity index (χ4v) is 4.09. The highest BCUT2D eigenvalue weighted by Crippen LogP contribution is 2.37. The number of imide groups is 1. The molecular formula is C22H16F2N2O2S. The van der Waals surface area contributed by atoms with Crippen molar-refractivity contribution in [2.75, 3.05) is 11.9 Å². The molecule has 0 N–H and O–H groups in total. The van der Waals surface area contributed by atoms with Gasteiger partial charge in [0.2, 0.25) is 0 Å². The minimum atomic E-state index is -0.842. The van der Waals surface area contributed by atoms with Gasteiger partial charge in [-0.1, -0.05) is 36.4 Å². The molecule has 0 aliphatic carbocycles. The number of halogens is 2. The third-order valence-electron chi connectivity index (χ3n) is 4.62. The Morgan fingerprint density at radius 1 is 0.966 bits per heavy atom. The number of hydrogen-bond donors (Lipinski definition) is 0. The zero-order valence-corrected chi connectivity index (χ0v) is 16.2. The SMILES string of the molecule is CN(Cc1ccccc1)C1=C(c2cccs2)C(=O)N(c2cc(F)ccc2F)C1=O. The Morgan fingerprint density at radius 2 is 1.72 bits per heavy atom. The fraction of sp³-hybridized carbons (Fsp3) is 0.0909. The predicted molar refractivity (Wildman–Crippen MR) is 108 cm³/mol. The van der Waals surface area contributed by atoms with E-state index in [2.05, 4.69) is 0 Å². The maximum atomic E-state index is 14.4. The van der Waals surface area contributed by atoms with Gasteiger partial charge in [0.1, 0.15) is 17.3 Å². The Hall–Kier alpha value is -3.32. The fourth-order valence-electron chi connectivity index (χ4n) is 3.33. The Bertz CT molecular complexity index is 1110. The van der Waals surface area contributed by atoms with Crippen LogP contribution in [-0.2, 0) is 16.1 Å². The topological polar surface area (TPSA) is 40.6 Å². The summed E-state index contributed by atoms with van der Waals surface area (Å²) in [6.45, 7) is 0.379. The molecule has 4 nitrogen and oxygen atoms in total. The van der Waals surface area contributed by atoms with Crippen LogP contribution >= 0.6 is 11.3 Å². The monoisotopic (exact) mass is 410 g/mol. The summed E-state index contributed by atoms with van der Waals surface area (Å²) >= 11 is 1.31. The van der Waals surface area contributed by atoms with Crippen molar-refractivity contribution in [1.29, 1.82) is 0 Å². The van der Waals surface area contributed by atoms with Gasteiger partial charge in [-0.05, 0) is 29.1 Å². The van der Waals surface area contributed by atoms with Crippen LogP contribution in [0.2, 0.25) is 0 Å². The summed E-state index contributed by atoms with van der Waals surface area (Å²) < 4.78 is 28.1. The average molecular weight is 410 g/mol. The number of carbonyl (C=O) groups excluding carboxylic acids is 2. The van der Waals surface area contributed by atoms with Crippen LogP contribution in [0.3, 0.4) is 0 Å². The Labute approximate surface area is 170 Å². The van der Waals surface area contributed by atoms with Crippen LogP contribution in [0.1, 0.15) is 10.4 Å². The number of carbonyl (C=O) groups is 2. The second-order valence-corrected chi connectivity index (χ2v) is 7.53. The van der Waals surface area contributed by atoms with Crippen LogP contribution in [0, 0.1) is 11.6 Å². The lowest BCUT2D eigenvalue weighted by molar-refractivity contribution is -0.120. The standard InChI is InChI=1S/C22H16F2N2O2S/c1-25(13-14-6-3-2-4-7-14)20-19(18-8-5-11-29-18)21(27)26(22(20)28)17-12-15(23)9-10-16(17)24/h2-12H,13H2,1H3. The van der Waals surface area contributed by atoms with Crippen LogP contribution in [-0.4, -0.2) is 23.8 Å². The van der Waals surface area contributed by atoms with Gasteiger partial charge in [0.25, 0.3) is 11.8 Å². The van der Waals surface area contributed by atoms with E-state index in [4.69, 9.17) is 0 Å². The maximum absolute atomic E-state index is 14.4. The van der Waals surface area contributed by atoms with Crippen LogP contribution in [0.15, 0.2) is 71.7 Å². The van der Waals surface area contributed by atoms with Gasteiger partial charge in [-0.15, -0.1) is 11.3 Å². The van der Waals surface area contributed by atoms with Gasteiger partial charge in [-0.3, -0.25) is 9.59 Å². The summed E-state index contributed by atoms with van der Waals surface area (Å²) in [6.07, 6.45) is 0. The predicted octanol–water partition coefficient (Wildman–Crippen LogP) is 4.44. The number of rotatable bonds is 5. The van der Waals surface area contributed by atoms with Crippen molar-refractivity contribution in [3.05, 3.63) is 93.8 Å². The van der Waals surface area contributed by atoms with E-state index >= 15 is 0 Å². The summed E-state index contributed by atoms with van der Waals surface area (Å²) in [5, 5.41) is 1.79. The number of benzene rings is 2. The van der Waals surface area contributed by atoms with Crippen molar-refractivity contribution in [3.63, 3.8) is 0 Å². The van der Waals surface area contributed by atoms with Crippen molar-refractivity contribution >= 4 is 34.4 Å². The molecule has 2 heterocycles. The van der Waals surface area contributed by atoms with Crippen molar-refractivity contribution < 1.29 is 18.4 Å². The molecule has 1 aliphatic rings. The molecule has 0 saturated heterocycles. The lowest BCUT2D eigenvalue weighted by atomic mass is 10.1. The molecule has 7 heteroatoms. The summed E-state index contributed by atoms with van der Waals surface area (Å²) in [6, 6.07) is 15.7. The molecule has 0 unspecified atom stereocenters. The number of likely N-dealkylation sites (N-methyl/N-ethyl adjacent to an activating group) is 1. The zero-order chi connectivity index (χ0) is 20.5. The average Bonchev–Trinajstić information content (AvgIpc) is 3.31. The first-order valence-corrected chi connectivity index (χ1v) is 9.72. The lowest BCUT2D eigenvalue weighted by Crippen LogP contribution is -2.34. The van der Waals surface area contributed by atoms with Crippen molar-refractivity contribution in [2.24, 2.45) is 0 Å². The van der Waals surface area contributed by atoms with Gasteiger partial charge >= 0.3 is 0 Å². The minimum absolute atomic E-state index is 0.157. The van der Waals surface area contributed by atoms with Gasteiger partial charge in [-0.2, -0.15) is 0 Å². The summed E-state index contributed by atoms with van der Waals surface area (Å²) in [5.74, 6) is -2.92. The normalized spacial score (nSPS) is 14.1. The number of anilines is 1. The van der Waals surface area contributed by atoms with Crippen LogP contribution < -0.4 is 4.90 Å². The van der Waals surface area contributed by atoms with E-state index in [0.29, 0.717) is 16.3 Å². The van der Waals surface area contributed by atoms with Gasteiger partial charge in [0, 0.05) is 24.5 Å². The van der Waals surface area contributed by atoms with Crippen molar-refractivity contribution in [3.8, 4) is 0 Å². The molecule has 0 bridgehead atoms. The molecular weight excluding hydrogens is 394 g/mol. The van der Waals surface area contributed by atoms with Gasteiger partial charge in [0.15, 0.2) is 0 Å². The van der Waals surface area contributed by atoms with Crippen molar-refractivity contribution in [1.82, 2.24) is 4.90 Å². The van der Waals surface area contributed by atoms with E-state index in [1.807, 2.05) is 30.3 Å². The highest BCUT2D eigenvalue weighted by molar-refractivity contribution is 7.11. The minimum Gasteiger partial charge on any atom is -0.365 e. The first-order chi connectivity index (χ1) is 14.0. The molecule has 2 aromatic carbocycles. The van der Waals surface area contributed by atoms with Crippen LogP contribution in [0.4, 0.5) is 14.5 Å². The Balaban J connectivity index is 1.80. The quantitative estimate of drug-likeness (QED) is 0.584. The molecule has 146 valence electrons. The highest BCUT2D eigenvalue weighted by atomic mass is 32.1. The van der Waals surface area contributed by atoms with Gasteiger partial charge < -0.3 is 4.90 Å². The number of nitrogens with zero attached hydrogens (tertiary/aromatic N) is 2.